The minimum atomic E-state index is -0.101. The van der Waals surface area contributed by atoms with Gasteiger partial charge in [-0.15, -0.1) is 0 Å². The molecular weight excluding hydrogens is 274 g/mol. The van der Waals surface area contributed by atoms with E-state index in [1.54, 1.807) is 25.3 Å². The Kier molecular flexibility index (Phi) is 4.64. The van der Waals surface area contributed by atoms with Gasteiger partial charge in [-0.2, -0.15) is 0 Å². The highest BCUT2D eigenvalue weighted by molar-refractivity contribution is 6.30. The molecule has 0 aliphatic carbocycles. The zero-order chi connectivity index (χ0) is 14.5. The van der Waals surface area contributed by atoms with Crippen molar-refractivity contribution < 1.29 is 9.53 Å². The van der Waals surface area contributed by atoms with E-state index in [0.29, 0.717) is 10.8 Å². The van der Waals surface area contributed by atoms with Gasteiger partial charge in [0.1, 0.15) is 5.75 Å². The van der Waals surface area contributed by atoms with Crippen molar-refractivity contribution in [2.45, 2.75) is 13.3 Å². The molecule has 3 nitrogen and oxygen atoms in total. The zero-order valence-corrected chi connectivity index (χ0v) is 12.2. The number of amides is 1. The molecule has 0 saturated heterocycles. The number of rotatable bonds is 4. The van der Waals surface area contributed by atoms with Gasteiger partial charge in [0.15, 0.2) is 0 Å². The Morgan fingerprint density at radius 2 is 2.05 bits per heavy atom. The molecule has 0 fully saturated rings. The van der Waals surface area contributed by atoms with Gasteiger partial charge in [0.2, 0.25) is 5.91 Å². The SMILES string of the molecule is COc1ccc(Cl)cc1CC(=O)Nc1cccc(C)c1. The standard InChI is InChI=1S/C16H16ClNO2/c1-11-4-3-5-14(8-11)18-16(19)10-12-9-13(17)6-7-15(12)20-2/h3-9H,10H2,1-2H3,(H,18,19). The second-order valence-electron chi connectivity index (χ2n) is 4.55. The van der Waals surface area contributed by atoms with Gasteiger partial charge in [-0.25, -0.2) is 0 Å². The molecule has 104 valence electrons. The maximum atomic E-state index is 12.1. The highest BCUT2D eigenvalue weighted by Crippen LogP contribution is 2.23. The summed E-state index contributed by atoms with van der Waals surface area (Å²) in [4.78, 5) is 12.1. The van der Waals surface area contributed by atoms with Gasteiger partial charge in [0.25, 0.3) is 0 Å². The molecule has 0 heterocycles. The molecule has 0 aromatic heterocycles. The lowest BCUT2D eigenvalue weighted by Gasteiger charge is -2.10. The molecule has 1 N–H and O–H groups in total. The van der Waals surface area contributed by atoms with Gasteiger partial charge in [-0.05, 0) is 42.8 Å². The van der Waals surface area contributed by atoms with E-state index in [-0.39, 0.29) is 12.3 Å². The number of nitrogens with one attached hydrogen (secondary N) is 1. The fraction of sp³-hybridized carbons (Fsp3) is 0.188. The van der Waals surface area contributed by atoms with Crippen LogP contribution in [-0.4, -0.2) is 13.0 Å². The normalized spacial score (nSPS) is 10.2. The van der Waals surface area contributed by atoms with E-state index in [1.807, 2.05) is 31.2 Å². The second kappa shape index (κ2) is 6.44. The Hall–Kier alpha value is -2.00. The second-order valence-corrected chi connectivity index (χ2v) is 4.99. The fourth-order valence-corrected chi connectivity index (χ4v) is 2.18. The van der Waals surface area contributed by atoms with Crippen LogP contribution in [0.4, 0.5) is 5.69 Å². The number of halogens is 1. The van der Waals surface area contributed by atoms with Crippen LogP contribution >= 0.6 is 11.6 Å². The molecule has 0 aliphatic heterocycles. The summed E-state index contributed by atoms with van der Waals surface area (Å²) in [5, 5.41) is 3.45. The average molecular weight is 290 g/mol. The maximum Gasteiger partial charge on any atom is 0.228 e. The van der Waals surface area contributed by atoms with Crippen molar-refractivity contribution in [2.75, 3.05) is 12.4 Å². The number of anilines is 1. The maximum absolute atomic E-state index is 12.1. The fourth-order valence-electron chi connectivity index (χ4n) is 1.99. The minimum Gasteiger partial charge on any atom is -0.496 e. The van der Waals surface area contributed by atoms with Crippen molar-refractivity contribution >= 4 is 23.2 Å². The first-order valence-corrected chi connectivity index (χ1v) is 6.65. The smallest absolute Gasteiger partial charge is 0.228 e. The Morgan fingerprint density at radius 3 is 2.75 bits per heavy atom. The number of carbonyl (C=O) groups is 1. The third-order valence-electron chi connectivity index (χ3n) is 2.90. The molecule has 0 atom stereocenters. The van der Waals surface area contributed by atoms with Crippen LogP contribution in [0.15, 0.2) is 42.5 Å². The van der Waals surface area contributed by atoms with Crippen LogP contribution in [0.1, 0.15) is 11.1 Å². The Morgan fingerprint density at radius 1 is 1.25 bits per heavy atom. The van der Waals surface area contributed by atoms with Gasteiger partial charge in [0.05, 0.1) is 13.5 Å². The lowest BCUT2D eigenvalue weighted by atomic mass is 10.1. The van der Waals surface area contributed by atoms with Crippen molar-refractivity contribution in [3.63, 3.8) is 0 Å². The van der Waals surface area contributed by atoms with E-state index in [4.69, 9.17) is 16.3 Å². The van der Waals surface area contributed by atoms with Crippen LogP contribution in [0.25, 0.3) is 0 Å². The Balaban J connectivity index is 2.10. The zero-order valence-electron chi connectivity index (χ0n) is 11.4. The lowest BCUT2D eigenvalue weighted by molar-refractivity contribution is -0.115. The van der Waals surface area contributed by atoms with Gasteiger partial charge in [0, 0.05) is 16.3 Å². The molecule has 1 amide bonds. The van der Waals surface area contributed by atoms with Gasteiger partial charge < -0.3 is 10.1 Å². The molecule has 0 bridgehead atoms. The topological polar surface area (TPSA) is 38.3 Å². The largest absolute Gasteiger partial charge is 0.496 e. The van der Waals surface area contributed by atoms with Crippen LogP contribution in [0, 0.1) is 6.92 Å². The van der Waals surface area contributed by atoms with E-state index in [0.717, 1.165) is 16.8 Å². The summed E-state index contributed by atoms with van der Waals surface area (Å²) in [6, 6.07) is 12.9. The summed E-state index contributed by atoms with van der Waals surface area (Å²) < 4.78 is 5.23. The average Bonchev–Trinajstić information content (AvgIpc) is 2.38. The number of methoxy groups -OCH3 is 1. The first-order valence-electron chi connectivity index (χ1n) is 6.27. The molecule has 0 saturated carbocycles. The monoisotopic (exact) mass is 289 g/mol. The first-order chi connectivity index (χ1) is 9.58. The lowest BCUT2D eigenvalue weighted by Crippen LogP contribution is -2.15. The quantitative estimate of drug-likeness (QED) is 0.929. The van der Waals surface area contributed by atoms with Gasteiger partial charge in [-0.3, -0.25) is 4.79 Å². The third kappa shape index (κ3) is 3.75. The molecule has 2 rings (SSSR count). The van der Waals surface area contributed by atoms with Crippen LogP contribution in [-0.2, 0) is 11.2 Å². The van der Waals surface area contributed by atoms with E-state index in [9.17, 15) is 4.79 Å². The van der Waals surface area contributed by atoms with Crippen LogP contribution in [0.2, 0.25) is 5.02 Å². The van der Waals surface area contributed by atoms with Crippen LogP contribution in [0.5, 0.6) is 5.75 Å². The molecule has 20 heavy (non-hydrogen) atoms. The molecule has 0 aliphatic rings. The summed E-state index contributed by atoms with van der Waals surface area (Å²) >= 11 is 5.95. The predicted octanol–water partition coefficient (Wildman–Crippen LogP) is 3.84. The van der Waals surface area contributed by atoms with Crippen molar-refractivity contribution in [2.24, 2.45) is 0 Å². The van der Waals surface area contributed by atoms with E-state index < -0.39 is 0 Å². The first kappa shape index (κ1) is 14.4. The molecular formula is C16H16ClNO2. The number of carbonyl (C=O) groups excluding carboxylic acids is 1. The van der Waals surface area contributed by atoms with Crippen LogP contribution in [0.3, 0.4) is 0 Å². The van der Waals surface area contributed by atoms with E-state index in [2.05, 4.69) is 5.32 Å². The van der Waals surface area contributed by atoms with Gasteiger partial charge >= 0.3 is 0 Å². The molecule has 0 spiro atoms. The minimum absolute atomic E-state index is 0.101. The third-order valence-corrected chi connectivity index (χ3v) is 3.13. The van der Waals surface area contributed by atoms with Crippen molar-refractivity contribution in [3.05, 3.63) is 58.6 Å². The van der Waals surface area contributed by atoms with E-state index in [1.165, 1.54) is 0 Å². The highest BCUT2D eigenvalue weighted by atomic mass is 35.5. The van der Waals surface area contributed by atoms with Crippen molar-refractivity contribution in [1.82, 2.24) is 0 Å². The molecule has 0 unspecified atom stereocenters. The Labute approximate surface area is 123 Å². The van der Waals surface area contributed by atoms with Crippen LogP contribution < -0.4 is 10.1 Å². The number of benzene rings is 2. The number of hydrogen-bond acceptors (Lipinski definition) is 2. The highest BCUT2D eigenvalue weighted by Gasteiger charge is 2.10. The summed E-state index contributed by atoms with van der Waals surface area (Å²) in [5.41, 5.74) is 2.66. The molecule has 2 aromatic rings. The van der Waals surface area contributed by atoms with E-state index >= 15 is 0 Å². The van der Waals surface area contributed by atoms with Crippen molar-refractivity contribution in [3.8, 4) is 5.75 Å². The molecule has 2 aromatic carbocycles. The number of aryl methyl sites for hydroxylation is 1. The summed E-state index contributed by atoms with van der Waals surface area (Å²) in [5.74, 6) is 0.560. The Bertz CT molecular complexity index is 626. The van der Waals surface area contributed by atoms with Gasteiger partial charge in [-0.1, -0.05) is 23.7 Å². The summed E-state index contributed by atoms with van der Waals surface area (Å²) in [6.45, 7) is 1.98. The molecule has 0 radical (unpaired) electrons. The van der Waals surface area contributed by atoms with Crippen molar-refractivity contribution in [1.29, 1.82) is 0 Å². The summed E-state index contributed by atoms with van der Waals surface area (Å²) in [7, 11) is 1.57. The number of hydrogen-bond donors (Lipinski definition) is 1. The molecule has 4 heteroatoms. The predicted molar refractivity (Wildman–Crippen MR) is 81.5 cm³/mol. The summed E-state index contributed by atoms with van der Waals surface area (Å²) in [6.07, 6.45) is 0.220. The number of ether oxygens (including phenoxy) is 1.